The number of hydrogen-bond acceptors (Lipinski definition) is 2. The molecule has 0 spiro atoms. The Bertz CT molecular complexity index is 461. The maximum atomic E-state index is 13.6. The number of ether oxygens (including phenoxy) is 1. The van der Waals surface area contributed by atoms with Crippen molar-refractivity contribution in [3.05, 3.63) is 29.6 Å². The Morgan fingerprint density at radius 3 is 2.74 bits per heavy atom. The van der Waals surface area contributed by atoms with E-state index in [1.54, 1.807) is 6.07 Å². The van der Waals surface area contributed by atoms with Gasteiger partial charge in [0.15, 0.2) is 11.6 Å². The minimum absolute atomic E-state index is 0.155. The van der Waals surface area contributed by atoms with Crippen molar-refractivity contribution in [2.24, 2.45) is 5.92 Å². The van der Waals surface area contributed by atoms with Gasteiger partial charge in [-0.3, -0.25) is 4.79 Å². The standard InChI is InChI=1S/C15H20FNO2/c1-10-5-3-4-6-13(10)17-15(18)11-7-8-14(19-2)12(16)9-11/h7-10,13H,3-6H2,1-2H3,(H,17,18)/t10-,13+/m0/s1. The Balaban J connectivity index is 2.05. The van der Waals surface area contributed by atoms with Crippen LogP contribution in [0.1, 0.15) is 43.0 Å². The van der Waals surface area contributed by atoms with Gasteiger partial charge in [-0.05, 0) is 37.0 Å². The van der Waals surface area contributed by atoms with Crippen molar-refractivity contribution in [3.63, 3.8) is 0 Å². The average Bonchev–Trinajstić information content (AvgIpc) is 2.41. The molecule has 2 rings (SSSR count). The molecule has 1 saturated carbocycles. The van der Waals surface area contributed by atoms with Gasteiger partial charge in [0, 0.05) is 11.6 Å². The lowest BCUT2D eigenvalue weighted by atomic mass is 9.86. The van der Waals surface area contributed by atoms with Gasteiger partial charge in [0.25, 0.3) is 5.91 Å². The van der Waals surface area contributed by atoms with E-state index in [2.05, 4.69) is 12.2 Å². The molecule has 1 fully saturated rings. The molecule has 3 nitrogen and oxygen atoms in total. The second-order valence-electron chi connectivity index (χ2n) is 5.19. The largest absolute Gasteiger partial charge is 0.494 e. The zero-order valence-electron chi connectivity index (χ0n) is 11.4. The summed E-state index contributed by atoms with van der Waals surface area (Å²) in [7, 11) is 1.40. The van der Waals surface area contributed by atoms with Crippen molar-refractivity contribution >= 4 is 5.91 Å². The Morgan fingerprint density at radius 1 is 1.37 bits per heavy atom. The molecular weight excluding hydrogens is 245 g/mol. The first-order valence-electron chi connectivity index (χ1n) is 6.76. The zero-order valence-corrected chi connectivity index (χ0v) is 11.4. The van der Waals surface area contributed by atoms with Crippen LogP contribution in [-0.4, -0.2) is 19.1 Å². The Labute approximate surface area is 113 Å². The minimum Gasteiger partial charge on any atom is -0.494 e. The quantitative estimate of drug-likeness (QED) is 0.911. The lowest BCUT2D eigenvalue weighted by molar-refractivity contribution is 0.0909. The highest BCUT2D eigenvalue weighted by molar-refractivity contribution is 5.94. The Kier molecular flexibility index (Phi) is 4.40. The predicted molar refractivity (Wildman–Crippen MR) is 71.8 cm³/mol. The molecule has 0 aromatic heterocycles. The third-order valence-corrected chi connectivity index (χ3v) is 3.84. The molecule has 1 aromatic carbocycles. The van der Waals surface area contributed by atoms with E-state index in [0.29, 0.717) is 11.5 Å². The van der Waals surface area contributed by atoms with Crippen molar-refractivity contribution in [3.8, 4) is 5.75 Å². The van der Waals surface area contributed by atoms with Crippen molar-refractivity contribution < 1.29 is 13.9 Å². The molecule has 2 atom stereocenters. The highest BCUT2D eigenvalue weighted by Gasteiger charge is 2.23. The van der Waals surface area contributed by atoms with Gasteiger partial charge in [0.05, 0.1) is 7.11 Å². The van der Waals surface area contributed by atoms with Gasteiger partial charge in [-0.1, -0.05) is 19.8 Å². The minimum atomic E-state index is -0.508. The molecule has 19 heavy (non-hydrogen) atoms. The van der Waals surface area contributed by atoms with Crippen LogP contribution in [0.25, 0.3) is 0 Å². The SMILES string of the molecule is COc1ccc(C(=O)N[C@@H]2CCCC[C@@H]2C)cc1F. The molecule has 1 aromatic rings. The van der Waals surface area contributed by atoms with Crippen LogP contribution in [-0.2, 0) is 0 Å². The van der Waals surface area contributed by atoms with Gasteiger partial charge in [0.2, 0.25) is 0 Å². The highest BCUT2D eigenvalue weighted by atomic mass is 19.1. The first kappa shape index (κ1) is 13.8. The fourth-order valence-corrected chi connectivity index (χ4v) is 2.59. The maximum absolute atomic E-state index is 13.6. The summed E-state index contributed by atoms with van der Waals surface area (Å²) in [6.07, 6.45) is 4.52. The molecule has 4 heteroatoms. The summed E-state index contributed by atoms with van der Waals surface area (Å²) >= 11 is 0. The van der Waals surface area contributed by atoms with Crippen molar-refractivity contribution in [2.45, 2.75) is 38.6 Å². The molecule has 0 radical (unpaired) electrons. The number of rotatable bonds is 3. The molecule has 0 saturated heterocycles. The molecule has 0 bridgehead atoms. The molecule has 1 aliphatic rings. The zero-order chi connectivity index (χ0) is 13.8. The first-order chi connectivity index (χ1) is 9.11. The average molecular weight is 265 g/mol. The number of hydrogen-bond donors (Lipinski definition) is 1. The van der Waals surface area contributed by atoms with Crippen LogP contribution in [0.2, 0.25) is 0 Å². The molecule has 1 N–H and O–H groups in total. The summed E-state index contributed by atoms with van der Waals surface area (Å²) in [4.78, 5) is 12.1. The van der Waals surface area contributed by atoms with E-state index >= 15 is 0 Å². The van der Waals surface area contributed by atoms with E-state index in [-0.39, 0.29) is 17.7 Å². The molecule has 0 aliphatic heterocycles. The summed E-state index contributed by atoms with van der Waals surface area (Å²) < 4.78 is 18.4. The second-order valence-corrected chi connectivity index (χ2v) is 5.19. The van der Waals surface area contributed by atoms with Gasteiger partial charge >= 0.3 is 0 Å². The normalized spacial score (nSPS) is 22.9. The summed E-state index contributed by atoms with van der Waals surface area (Å²) in [5, 5.41) is 3.00. The topological polar surface area (TPSA) is 38.3 Å². The van der Waals surface area contributed by atoms with E-state index in [4.69, 9.17) is 4.74 Å². The van der Waals surface area contributed by atoms with Crippen LogP contribution in [0.5, 0.6) is 5.75 Å². The first-order valence-corrected chi connectivity index (χ1v) is 6.76. The van der Waals surface area contributed by atoms with Gasteiger partial charge in [0.1, 0.15) is 0 Å². The fourth-order valence-electron chi connectivity index (χ4n) is 2.59. The van der Waals surface area contributed by atoms with Gasteiger partial charge in [-0.15, -0.1) is 0 Å². The van der Waals surface area contributed by atoms with Crippen molar-refractivity contribution in [1.29, 1.82) is 0 Å². The van der Waals surface area contributed by atoms with Gasteiger partial charge < -0.3 is 10.1 Å². The number of carbonyl (C=O) groups excluding carboxylic acids is 1. The second kappa shape index (κ2) is 6.04. The van der Waals surface area contributed by atoms with E-state index in [0.717, 1.165) is 19.3 Å². The van der Waals surface area contributed by atoms with Crippen LogP contribution in [0, 0.1) is 11.7 Å². The number of benzene rings is 1. The van der Waals surface area contributed by atoms with Gasteiger partial charge in [-0.2, -0.15) is 0 Å². The Morgan fingerprint density at radius 2 is 2.11 bits per heavy atom. The number of halogens is 1. The van der Waals surface area contributed by atoms with Crippen LogP contribution in [0.4, 0.5) is 4.39 Å². The predicted octanol–water partition coefficient (Wildman–Crippen LogP) is 3.14. The summed E-state index contributed by atoms with van der Waals surface area (Å²) in [6, 6.07) is 4.49. The number of nitrogens with one attached hydrogen (secondary N) is 1. The van der Waals surface area contributed by atoms with Crippen LogP contribution in [0.15, 0.2) is 18.2 Å². The summed E-state index contributed by atoms with van der Waals surface area (Å²) in [6.45, 7) is 2.15. The lowest BCUT2D eigenvalue weighted by Crippen LogP contribution is -2.41. The smallest absolute Gasteiger partial charge is 0.251 e. The molecule has 1 amide bonds. The number of methoxy groups -OCH3 is 1. The number of carbonyl (C=O) groups is 1. The third-order valence-electron chi connectivity index (χ3n) is 3.84. The van der Waals surface area contributed by atoms with Gasteiger partial charge in [-0.25, -0.2) is 4.39 Å². The van der Waals surface area contributed by atoms with Crippen LogP contribution >= 0.6 is 0 Å². The van der Waals surface area contributed by atoms with E-state index in [9.17, 15) is 9.18 Å². The molecular formula is C15H20FNO2. The Hall–Kier alpha value is -1.58. The number of amides is 1. The monoisotopic (exact) mass is 265 g/mol. The molecule has 104 valence electrons. The molecule has 0 heterocycles. The maximum Gasteiger partial charge on any atom is 0.251 e. The molecule has 0 unspecified atom stereocenters. The fraction of sp³-hybridized carbons (Fsp3) is 0.533. The lowest BCUT2D eigenvalue weighted by Gasteiger charge is -2.29. The van der Waals surface area contributed by atoms with Crippen molar-refractivity contribution in [2.75, 3.05) is 7.11 Å². The summed E-state index contributed by atoms with van der Waals surface area (Å²) in [5.74, 6) is -0.0736. The van der Waals surface area contributed by atoms with E-state index < -0.39 is 5.82 Å². The van der Waals surface area contributed by atoms with Crippen LogP contribution < -0.4 is 10.1 Å². The summed E-state index contributed by atoms with van der Waals surface area (Å²) in [5.41, 5.74) is 0.344. The van der Waals surface area contributed by atoms with E-state index in [1.165, 1.54) is 25.7 Å². The highest BCUT2D eigenvalue weighted by Crippen LogP contribution is 2.24. The molecule has 1 aliphatic carbocycles. The van der Waals surface area contributed by atoms with Crippen molar-refractivity contribution in [1.82, 2.24) is 5.32 Å². The third kappa shape index (κ3) is 3.25. The van der Waals surface area contributed by atoms with Crippen LogP contribution in [0.3, 0.4) is 0 Å². The van der Waals surface area contributed by atoms with E-state index in [1.807, 2.05) is 0 Å².